The molecule has 0 saturated carbocycles. The van der Waals surface area contributed by atoms with Crippen LogP contribution >= 0.6 is 0 Å². The molecule has 0 amide bonds. The first-order chi connectivity index (χ1) is 10.4. The fourth-order valence-corrected chi connectivity index (χ4v) is 3.28. The van der Waals surface area contributed by atoms with Crippen LogP contribution in [0.25, 0.3) is 0 Å². The number of fused-ring (bicyclic) bond motifs is 3. The van der Waals surface area contributed by atoms with Crippen molar-refractivity contribution in [3.8, 4) is 0 Å². The monoisotopic (exact) mass is 306 g/mol. The van der Waals surface area contributed by atoms with E-state index in [-0.39, 0.29) is 5.69 Å². The molecule has 0 spiro atoms. The Morgan fingerprint density at radius 2 is 1.64 bits per heavy atom. The van der Waals surface area contributed by atoms with Gasteiger partial charge in [-0.1, -0.05) is 42.5 Å². The fourth-order valence-electron chi connectivity index (χ4n) is 3.28. The lowest BCUT2D eigenvalue weighted by Crippen LogP contribution is -2.59. The molecule has 0 aliphatic carbocycles. The van der Waals surface area contributed by atoms with E-state index in [0.717, 1.165) is 5.56 Å². The third-order valence-corrected chi connectivity index (χ3v) is 4.32. The predicted molar refractivity (Wildman–Crippen MR) is 76.5 cm³/mol. The van der Waals surface area contributed by atoms with Crippen molar-refractivity contribution < 1.29 is 18.3 Å². The predicted octanol–water partition coefficient (Wildman–Crippen LogP) is 3.29. The molecule has 0 aromatic heterocycles. The smallest absolute Gasteiger partial charge is 0.362 e. The highest BCUT2D eigenvalue weighted by Crippen LogP contribution is 2.60. The number of benzene rings is 2. The number of hydrogen-bond donors (Lipinski definition) is 2. The van der Waals surface area contributed by atoms with Crippen molar-refractivity contribution in [3.63, 3.8) is 0 Å². The molecule has 6 heteroatoms. The van der Waals surface area contributed by atoms with Crippen molar-refractivity contribution in [3.05, 3.63) is 60.2 Å². The maximum absolute atomic E-state index is 13.4. The average Bonchev–Trinajstić information content (AvgIpc) is 3.24. The minimum absolute atomic E-state index is 0.289. The van der Waals surface area contributed by atoms with Gasteiger partial charge in [-0.25, -0.2) is 0 Å². The van der Waals surface area contributed by atoms with E-state index in [1.165, 1.54) is 0 Å². The fraction of sp³-hybridized carbons (Fsp3) is 0.250. The van der Waals surface area contributed by atoms with E-state index in [1.54, 1.807) is 53.4 Å². The first kappa shape index (κ1) is 13.5. The molecule has 2 N–H and O–H groups in total. The zero-order chi connectivity index (χ0) is 15.5. The van der Waals surface area contributed by atoms with Gasteiger partial charge >= 0.3 is 6.18 Å². The lowest BCUT2D eigenvalue weighted by molar-refractivity contribution is -0.248. The lowest BCUT2D eigenvalue weighted by Gasteiger charge is -2.36. The molecule has 1 saturated heterocycles. The Morgan fingerprint density at radius 1 is 1.00 bits per heavy atom. The highest BCUT2D eigenvalue weighted by atomic mass is 19.4. The van der Waals surface area contributed by atoms with Gasteiger partial charge < -0.3 is 15.3 Å². The van der Waals surface area contributed by atoms with Crippen molar-refractivity contribution >= 4 is 11.4 Å². The number of nitrogens with zero attached hydrogens (tertiary/aromatic N) is 1. The minimum atomic E-state index is -4.77. The quantitative estimate of drug-likeness (QED) is 0.794. The van der Waals surface area contributed by atoms with Crippen LogP contribution in [0.3, 0.4) is 0 Å². The Hall–Kier alpha value is -2.21. The number of rotatable bonds is 1. The molecule has 2 aromatic rings. The topological polar surface area (TPSA) is 35.3 Å². The second kappa shape index (κ2) is 4.16. The third kappa shape index (κ3) is 1.67. The average molecular weight is 306 g/mol. The highest BCUT2D eigenvalue weighted by Gasteiger charge is 2.73. The third-order valence-electron chi connectivity index (χ3n) is 4.32. The Balaban J connectivity index is 1.84. The molecule has 2 heterocycles. The summed E-state index contributed by atoms with van der Waals surface area (Å²) in [5, 5.41) is 12.6. The highest BCUT2D eigenvalue weighted by molar-refractivity contribution is 5.80. The van der Waals surface area contributed by atoms with Crippen molar-refractivity contribution in [1.29, 1.82) is 0 Å². The standard InChI is InChI=1S/C16H13F3N2O/c17-16(18,19)15(22)14-13(10-6-2-1-3-7-10)21(14)12-9-5-4-8-11(12)20-15/h1-9,13-14,20,22H/t13-,14+,15+,21?/m0/s1. The van der Waals surface area contributed by atoms with E-state index >= 15 is 0 Å². The van der Waals surface area contributed by atoms with Gasteiger partial charge in [-0.15, -0.1) is 0 Å². The Labute approximate surface area is 125 Å². The Morgan fingerprint density at radius 3 is 2.32 bits per heavy atom. The van der Waals surface area contributed by atoms with Crippen LogP contribution < -0.4 is 10.2 Å². The molecule has 4 rings (SSSR count). The van der Waals surface area contributed by atoms with Gasteiger partial charge in [0.15, 0.2) is 0 Å². The van der Waals surface area contributed by atoms with E-state index in [9.17, 15) is 18.3 Å². The van der Waals surface area contributed by atoms with Gasteiger partial charge in [-0.3, -0.25) is 0 Å². The van der Waals surface area contributed by atoms with E-state index in [0.29, 0.717) is 5.69 Å². The summed E-state index contributed by atoms with van der Waals surface area (Å²) in [5.41, 5.74) is -1.23. The van der Waals surface area contributed by atoms with Crippen LogP contribution in [-0.4, -0.2) is 23.0 Å². The van der Waals surface area contributed by atoms with Gasteiger partial charge in [-0.05, 0) is 17.7 Å². The van der Waals surface area contributed by atoms with E-state index in [2.05, 4.69) is 5.32 Å². The Bertz CT molecular complexity index is 719. The molecule has 2 aromatic carbocycles. The normalized spacial score (nSPS) is 29.4. The number of para-hydroxylation sites is 2. The number of alkyl halides is 3. The van der Waals surface area contributed by atoms with Gasteiger partial charge in [0.2, 0.25) is 0 Å². The SMILES string of the molecule is O[C@]1(C(F)(F)F)Nc2ccccc2N2[C@@H](c3ccccc3)[C@@H]21. The lowest BCUT2D eigenvalue weighted by atomic mass is 10.0. The molecular formula is C16H13F3N2O. The minimum Gasteiger partial charge on any atom is -0.362 e. The van der Waals surface area contributed by atoms with Crippen LogP contribution in [0.4, 0.5) is 24.5 Å². The Kier molecular flexibility index (Phi) is 2.55. The van der Waals surface area contributed by atoms with Gasteiger partial charge in [0.1, 0.15) is 6.04 Å². The molecule has 3 atom stereocenters. The summed E-state index contributed by atoms with van der Waals surface area (Å²) in [6.45, 7) is 0. The van der Waals surface area contributed by atoms with Crippen LogP contribution in [-0.2, 0) is 0 Å². The summed E-state index contributed by atoms with van der Waals surface area (Å²) in [6, 6.07) is 14.1. The van der Waals surface area contributed by atoms with Gasteiger partial charge in [0.05, 0.1) is 17.4 Å². The zero-order valence-corrected chi connectivity index (χ0v) is 11.4. The second-order valence-corrected chi connectivity index (χ2v) is 5.61. The van der Waals surface area contributed by atoms with E-state index in [1.807, 2.05) is 6.07 Å². The number of nitrogens with one attached hydrogen (secondary N) is 1. The number of anilines is 2. The van der Waals surface area contributed by atoms with Crippen molar-refractivity contribution in [2.45, 2.75) is 24.0 Å². The molecule has 0 unspecified atom stereocenters. The van der Waals surface area contributed by atoms with E-state index in [4.69, 9.17) is 0 Å². The summed E-state index contributed by atoms with van der Waals surface area (Å²) in [6.07, 6.45) is -4.77. The summed E-state index contributed by atoms with van der Waals surface area (Å²) in [4.78, 5) is 1.62. The molecular weight excluding hydrogens is 293 g/mol. The molecule has 0 bridgehead atoms. The summed E-state index contributed by atoms with van der Waals surface area (Å²) in [5.74, 6) is 0. The molecule has 2 aliphatic heterocycles. The maximum atomic E-state index is 13.4. The summed E-state index contributed by atoms with van der Waals surface area (Å²) in [7, 11) is 0. The number of hydrogen-bond acceptors (Lipinski definition) is 3. The van der Waals surface area contributed by atoms with Crippen molar-refractivity contribution in [2.24, 2.45) is 0 Å². The van der Waals surface area contributed by atoms with Crippen LogP contribution in [0.15, 0.2) is 54.6 Å². The molecule has 2 aliphatic rings. The summed E-state index contributed by atoms with van der Waals surface area (Å²) >= 11 is 0. The van der Waals surface area contributed by atoms with Crippen LogP contribution in [0, 0.1) is 0 Å². The largest absolute Gasteiger partial charge is 0.438 e. The van der Waals surface area contributed by atoms with Crippen LogP contribution in [0.2, 0.25) is 0 Å². The first-order valence-electron chi connectivity index (χ1n) is 6.93. The molecule has 1 fully saturated rings. The van der Waals surface area contributed by atoms with Crippen LogP contribution in [0.5, 0.6) is 0 Å². The maximum Gasteiger partial charge on any atom is 0.438 e. The first-order valence-corrected chi connectivity index (χ1v) is 6.93. The van der Waals surface area contributed by atoms with Gasteiger partial charge in [-0.2, -0.15) is 13.2 Å². The summed E-state index contributed by atoms with van der Waals surface area (Å²) < 4.78 is 40.3. The molecule has 0 radical (unpaired) electrons. The van der Waals surface area contributed by atoms with Gasteiger partial charge in [0, 0.05) is 0 Å². The van der Waals surface area contributed by atoms with Crippen molar-refractivity contribution in [2.75, 3.05) is 10.2 Å². The number of aliphatic hydroxyl groups is 1. The number of halogens is 3. The zero-order valence-electron chi connectivity index (χ0n) is 11.4. The van der Waals surface area contributed by atoms with Crippen LogP contribution in [0.1, 0.15) is 11.6 Å². The molecule has 22 heavy (non-hydrogen) atoms. The molecule has 3 nitrogen and oxygen atoms in total. The van der Waals surface area contributed by atoms with E-state index < -0.39 is 24.0 Å². The van der Waals surface area contributed by atoms with Crippen molar-refractivity contribution in [1.82, 2.24) is 0 Å². The second-order valence-electron chi connectivity index (χ2n) is 5.61. The van der Waals surface area contributed by atoms with Gasteiger partial charge in [0.25, 0.3) is 5.72 Å². The molecule has 114 valence electrons.